The van der Waals surface area contributed by atoms with E-state index in [0.29, 0.717) is 6.61 Å². The molecule has 0 radical (unpaired) electrons. The molecule has 1 atom stereocenters. The van der Waals surface area contributed by atoms with Gasteiger partial charge in [-0.3, -0.25) is 9.59 Å². The lowest BCUT2D eigenvalue weighted by molar-refractivity contribution is -0.151. The Bertz CT molecular complexity index is 585. The second-order valence-electron chi connectivity index (χ2n) is 12.4. The minimum atomic E-state index is -0.965. The average molecular weight is 579 g/mol. The van der Waals surface area contributed by atoms with Crippen LogP contribution in [0, 0.1) is 5.92 Å². The van der Waals surface area contributed by atoms with Crippen molar-refractivity contribution in [1.29, 1.82) is 0 Å². The van der Waals surface area contributed by atoms with Crippen LogP contribution in [0.1, 0.15) is 200 Å². The van der Waals surface area contributed by atoms with Gasteiger partial charge in [0.25, 0.3) is 0 Å². The number of carbonyl (C=O) groups is 2. The second-order valence-corrected chi connectivity index (χ2v) is 12.4. The molecule has 0 bridgehead atoms. The molecular formula is C37H70O4. The summed E-state index contributed by atoms with van der Waals surface area (Å²) in [5, 5.41) is 9.02. The summed E-state index contributed by atoms with van der Waals surface area (Å²) in [5.74, 6) is -2.05. The molecule has 0 amide bonds. The third-order valence-corrected chi connectivity index (χ3v) is 8.24. The number of carboxylic acid groups (broad SMARTS) is 1. The monoisotopic (exact) mass is 579 g/mol. The summed E-state index contributed by atoms with van der Waals surface area (Å²) in [4.78, 5) is 23.0. The Labute approximate surface area is 255 Å². The number of aliphatic carboxylic acids is 1. The topological polar surface area (TPSA) is 63.6 Å². The van der Waals surface area contributed by atoms with E-state index in [0.717, 1.165) is 19.3 Å². The number of allylic oxidation sites excluding steroid dienone is 1. The lowest BCUT2D eigenvalue weighted by atomic mass is 10.0. The summed E-state index contributed by atoms with van der Waals surface area (Å²) < 4.78 is 5.11. The molecule has 0 aliphatic rings. The van der Waals surface area contributed by atoms with Gasteiger partial charge < -0.3 is 9.84 Å². The molecular weight excluding hydrogens is 508 g/mol. The number of carbonyl (C=O) groups excluding carboxylic acids is 1. The van der Waals surface area contributed by atoms with Crippen molar-refractivity contribution in [1.82, 2.24) is 0 Å². The van der Waals surface area contributed by atoms with Crippen LogP contribution in [0.4, 0.5) is 0 Å². The zero-order valence-corrected chi connectivity index (χ0v) is 27.6. The van der Waals surface area contributed by atoms with Crippen LogP contribution in [0.5, 0.6) is 0 Å². The predicted molar refractivity (Wildman–Crippen MR) is 176 cm³/mol. The maximum Gasteiger partial charge on any atom is 0.313 e. The third kappa shape index (κ3) is 31.4. The van der Waals surface area contributed by atoms with Crippen LogP contribution in [0.2, 0.25) is 0 Å². The first-order chi connectivity index (χ1) is 20.1. The molecule has 0 aromatic heterocycles. The highest BCUT2D eigenvalue weighted by atomic mass is 16.5. The van der Waals surface area contributed by atoms with Crippen molar-refractivity contribution in [3.05, 3.63) is 12.2 Å². The van der Waals surface area contributed by atoms with Gasteiger partial charge in [-0.2, -0.15) is 0 Å². The van der Waals surface area contributed by atoms with Crippen LogP contribution in [-0.4, -0.2) is 23.7 Å². The van der Waals surface area contributed by atoms with Gasteiger partial charge in [-0.05, 0) is 19.3 Å². The Kier molecular flexibility index (Phi) is 32.1. The van der Waals surface area contributed by atoms with E-state index in [2.05, 4.69) is 6.92 Å². The number of rotatable bonds is 33. The highest BCUT2D eigenvalue weighted by molar-refractivity contribution is 5.80. The van der Waals surface area contributed by atoms with Crippen molar-refractivity contribution in [2.45, 2.75) is 200 Å². The van der Waals surface area contributed by atoms with E-state index in [1.54, 1.807) is 6.08 Å². The molecule has 1 unspecified atom stereocenters. The van der Waals surface area contributed by atoms with Gasteiger partial charge in [-0.25, -0.2) is 0 Å². The number of hydrogen-bond donors (Lipinski definition) is 1. The van der Waals surface area contributed by atoms with Gasteiger partial charge >= 0.3 is 11.9 Å². The van der Waals surface area contributed by atoms with Crippen LogP contribution in [0.25, 0.3) is 0 Å². The fourth-order valence-corrected chi connectivity index (χ4v) is 5.57. The Balaban J connectivity index is 3.33. The Morgan fingerprint density at radius 1 is 0.537 bits per heavy atom. The lowest BCUT2D eigenvalue weighted by Crippen LogP contribution is -2.19. The van der Waals surface area contributed by atoms with Gasteiger partial charge in [-0.15, -0.1) is 0 Å². The average Bonchev–Trinajstić information content (AvgIpc) is 2.96. The van der Waals surface area contributed by atoms with E-state index in [1.165, 1.54) is 161 Å². The fourth-order valence-electron chi connectivity index (χ4n) is 5.57. The predicted octanol–water partition coefficient (Wildman–Crippen LogP) is 12.1. The summed E-state index contributed by atoms with van der Waals surface area (Å²) >= 11 is 0. The highest BCUT2D eigenvalue weighted by Crippen LogP contribution is 2.16. The molecule has 0 saturated heterocycles. The summed E-state index contributed by atoms with van der Waals surface area (Å²) in [6, 6.07) is 0. The van der Waals surface area contributed by atoms with Crippen molar-refractivity contribution < 1.29 is 19.4 Å². The van der Waals surface area contributed by atoms with E-state index in [9.17, 15) is 9.59 Å². The molecule has 0 aliphatic carbocycles. The summed E-state index contributed by atoms with van der Waals surface area (Å²) in [6.45, 7) is 4.57. The smallest absolute Gasteiger partial charge is 0.313 e. The van der Waals surface area contributed by atoms with Crippen molar-refractivity contribution in [3.63, 3.8) is 0 Å². The number of ether oxygens (including phenoxy) is 1. The second kappa shape index (κ2) is 33.2. The molecule has 242 valence electrons. The SMILES string of the molecule is CCCCCCCCCCCCCCCCCCCCCCCCCCCC/C=C/C(CC(=O)O)C(=O)OCCC. The van der Waals surface area contributed by atoms with Gasteiger partial charge in [0.2, 0.25) is 0 Å². The molecule has 4 heteroatoms. The minimum Gasteiger partial charge on any atom is -0.481 e. The minimum absolute atomic E-state index is 0.196. The van der Waals surface area contributed by atoms with Crippen LogP contribution in [0.3, 0.4) is 0 Å². The number of carboxylic acids is 1. The molecule has 0 fully saturated rings. The molecule has 0 saturated carbocycles. The fraction of sp³-hybridized carbons (Fsp3) is 0.892. The van der Waals surface area contributed by atoms with Gasteiger partial charge in [0, 0.05) is 0 Å². The van der Waals surface area contributed by atoms with Gasteiger partial charge in [0.1, 0.15) is 0 Å². The molecule has 0 spiro atoms. The van der Waals surface area contributed by atoms with Gasteiger partial charge in [0.15, 0.2) is 0 Å². The van der Waals surface area contributed by atoms with Crippen LogP contribution >= 0.6 is 0 Å². The summed E-state index contributed by atoms with van der Waals surface area (Å²) in [7, 11) is 0. The Morgan fingerprint density at radius 3 is 1.20 bits per heavy atom. The molecule has 0 aromatic rings. The van der Waals surface area contributed by atoms with Crippen LogP contribution in [-0.2, 0) is 14.3 Å². The molecule has 41 heavy (non-hydrogen) atoms. The van der Waals surface area contributed by atoms with Crippen molar-refractivity contribution in [2.75, 3.05) is 6.61 Å². The first kappa shape index (κ1) is 39.7. The van der Waals surface area contributed by atoms with E-state index < -0.39 is 17.9 Å². The van der Waals surface area contributed by atoms with Crippen molar-refractivity contribution in [2.24, 2.45) is 5.92 Å². The maximum absolute atomic E-state index is 12.0. The molecule has 0 rings (SSSR count). The largest absolute Gasteiger partial charge is 0.481 e. The molecule has 0 aromatic carbocycles. The van der Waals surface area contributed by atoms with Crippen LogP contribution in [0.15, 0.2) is 12.2 Å². The van der Waals surface area contributed by atoms with Crippen LogP contribution < -0.4 is 0 Å². The zero-order chi connectivity index (χ0) is 30.1. The number of esters is 1. The van der Waals surface area contributed by atoms with E-state index in [4.69, 9.17) is 9.84 Å². The molecule has 4 nitrogen and oxygen atoms in total. The van der Waals surface area contributed by atoms with E-state index >= 15 is 0 Å². The van der Waals surface area contributed by atoms with E-state index in [1.807, 2.05) is 13.0 Å². The van der Waals surface area contributed by atoms with Gasteiger partial charge in [-0.1, -0.05) is 187 Å². The quantitative estimate of drug-likeness (QED) is 0.0478. The van der Waals surface area contributed by atoms with E-state index in [-0.39, 0.29) is 6.42 Å². The first-order valence-electron chi connectivity index (χ1n) is 18.2. The molecule has 1 N–H and O–H groups in total. The standard InChI is InChI=1S/C37H70O4/c1-3-5-6-7-8-9-10-11-12-13-14-15-16-17-18-19-20-21-22-23-24-25-26-27-28-29-30-31-32-35(34-36(38)39)37(40)41-33-4-2/h31-32,35H,3-30,33-34H2,1-2H3,(H,38,39)/b32-31+. The van der Waals surface area contributed by atoms with Crippen molar-refractivity contribution >= 4 is 11.9 Å². The van der Waals surface area contributed by atoms with Gasteiger partial charge in [0.05, 0.1) is 18.9 Å². The maximum atomic E-state index is 12.0. The number of unbranched alkanes of at least 4 members (excludes halogenated alkanes) is 26. The lowest BCUT2D eigenvalue weighted by Gasteiger charge is -2.09. The zero-order valence-electron chi connectivity index (χ0n) is 27.6. The Hall–Kier alpha value is -1.32. The number of hydrogen-bond acceptors (Lipinski definition) is 3. The Morgan fingerprint density at radius 2 is 0.878 bits per heavy atom. The normalized spacial score (nSPS) is 12.2. The third-order valence-electron chi connectivity index (χ3n) is 8.24. The summed E-state index contributed by atoms with van der Waals surface area (Å²) in [6.07, 6.45) is 41.5. The first-order valence-corrected chi connectivity index (χ1v) is 18.2. The van der Waals surface area contributed by atoms with Crippen molar-refractivity contribution in [3.8, 4) is 0 Å². The summed E-state index contributed by atoms with van der Waals surface area (Å²) in [5.41, 5.74) is 0. The highest BCUT2D eigenvalue weighted by Gasteiger charge is 2.20. The molecule has 0 aliphatic heterocycles. The molecule has 0 heterocycles.